The highest BCUT2D eigenvalue weighted by molar-refractivity contribution is 7.86. The molecule has 236 valence electrons. The van der Waals surface area contributed by atoms with Gasteiger partial charge in [-0.15, -0.1) is 0 Å². The third-order valence-electron chi connectivity index (χ3n) is 4.92. The maximum atomic E-state index is 10.7. The topological polar surface area (TPSA) is 132 Å². The van der Waals surface area contributed by atoms with Gasteiger partial charge in [-0.2, -0.15) is 26.3 Å². The summed E-state index contributed by atoms with van der Waals surface area (Å²) in [6.45, 7) is 8.76. The van der Waals surface area contributed by atoms with Gasteiger partial charge >= 0.3 is 11.0 Å². The Balaban J connectivity index is -0.000000460. The lowest BCUT2D eigenvalue weighted by molar-refractivity contribution is -0.888. The molecule has 0 N–H and O–H groups in total. The molecule has 0 saturated heterocycles. The van der Waals surface area contributed by atoms with Crippen molar-refractivity contribution in [3.63, 3.8) is 0 Å². The van der Waals surface area contributed by atoms with Crippen LogP contribution in [0.1, 0.15) is 52.4 Å². The minimum absolute atomic E-state index is 0.862. The predicted octanol–water partition coefficient (Wildman–Crippen LogP) is 3.51. The van der Waals surface area contributed by atoms with Gasteiger partial charge in [0.2, 0.25) is 6.33 Å². The van der Waals surface area contributed by atoms with Gasteiger partial charge in [0.25, 0.3) is 0 Å². The molecule has 1 heterocycles. The van der Waals surface area contributed by atoms with Crippen LogP contribution in [-0.2, 0) is 38.6 Å². The van der Waals surface area contributed by atoms with Crippen molar-refractivity contribution < 1.29 is 66.1 Å². The number of hydrogen-bond acceptors (Lipinski definition) is 7. The van der Waals surface area contributed by atoms with E-state index in [1.54, 1.807) is 7.11 Å². The summed E-state index contributed by atoms with van der Waals surface area (Å²) >= 11 is 0. The van der Waals surface area contributed by atoms with Crippen LogP contribution < -0.4 is 4.57 Å². The lowest BCUT2D eigenvalue weighted by Crippen LogP contribution is -2.41. The summed E-state index contributed by atoms with van der Waals surface area (Å²) in [6.07, 6.45) is 14.6. The number of quaternary nitrogens is 1. The normalized spacial score (nSPS) is 12.4. The Kier molecular flexibility index (Phi) is 21.1. The zero-order chi connectivity index (χ0) is 31.6. The van der Waals surface area contributed by atoms with Gasteiger partial charge in [-0.3, -0.25) is 0 Å². The molecule has 0 amide bonds. The van der Waals surface area contributed by atoms with E-state index in [9.17, 15) is 26.3 Å². The minimum Gasteiger partial charge on any atom is -0.741 e. The molecule has 1 aromatic heterocycles. The summed E-state index contributed by atoms with van der Waals surface area (Å²) in [7, 11) is -3.95. The summed E-state index contributed by atoms with van der Waals surface area (Å²) in [4.78, 5) is 0. The SMILES string of the molecule is CCCCCCCCn1cc[n+](C)c1.CC[N+](C)(C)CCOC.O=S(=O)([O-])C(F)(F)F.O=S(=O)([O-])C(F)(F)F. The zero-order valence-electron chi connectivity index (χ0n) is 23.1. The maximum absolute atomic E-state index is 10.7. The summed E-state index contributed by atoms with van der Waals surface area (Å²) in [6, 6.07) is 0. The molecule has 0 atom stereocenters. The van der Waals surface area contributed by atoms with Crippen LogP contribution in [0.4, 0.5) is 26.3 Å². The molecule has 18 heteroatoms. The van der Waals surface area contributed by atoms with E-state index in [0.717, 1.165) is 17.6 Å². The molecule has 0 spiro atoms. The van der Waals surface area contributed by atoms with E-state index in [4.69, 9.17) is 30.7 Å². The molecular weight excluding hydrogens is 584 g/mol. The van der Waals surface area contributed by atoms with Gasteiger partial charge in [0, 0.05) is 7.11 Å². The number of rotatable bonds is 11. The third kappa shape index (κ3) is 25.3. The van der Waals surface area contributed by atoms with Gasteiger partial charge in [-0.25, -0.2) is 26.0 Å². The van der Waals surface area contributed by atoms with Crippen molar-refractivity contribution in [1.29, 1.82) is 0 Å². The van der Waals surface area contributed by atoms with E-state index in [2.05, 4.69) is 62.8 Å². The first kappa shape index (κ1) is 42.0. The molecule has 0 bridgehead atoms. The second-order valence-corrected chi connectivity index (χ2v) is 11.6. The van der Waals surface area contributed by atoms with Gasteiger partial charge in [-0.05, 0) is 19.8 Å². The van der Waals surface area contributed by atoms with Crippen LogP contribution in [0, 0.1) is 0 Å². The molecule has 0 saturated carbocycles. The number of ether oxygens (including phenoxy) is 1. The van der Waals surface area contributed by atoms with E-state index < -0.39 is 31.3 Å². The van der Waals surface area contributed by atoms with Crippen LogP contribution in [-0.4, -0.2) is 86.9 Å². The molecule has 1 aromatic rings. The monoisotopic (exact) mass is 625 g/mol. The van der Waals surface area contributed by atoms with Crippen LogP contribution >= 0.6 is 0 Å². The summed E-state index contributed by atoms with van der Waals surface area (Å²) in [5.74, 6) is 0. The molecule has 1 rings (SSSR count). The van der Waals surface area contributed by atoms with Crippen molar-refractivity contribution in [3.05, 3.63) is 18.7 Å². The number of imidazole rings is 1. The summed E-state index contributed by atoms with van der Waals surface area (Å²) < 4.78 is 128. The average Bonchev–Trinajstić information content (AvgIpc) is 3.18. The van der Waals surface area contributed by atoms with E-state index in [1.807, 2.05) is 0 Å². The fourth-order valence-corrected chi connectivity index (χ4v) is 2.21. The van der Waals surface area contributed by atoms with E-state index >= 15 is 0 Å². The second kappa shape index (κ2) is 19.6. The lowest BCUT2D eigenvalue weighted by atomic mass is 10.1. The second-order valence-electron chi connectivity index (χ2n) is 8.85. The van der Waals surface area contributed by atoms with Crippen molar-refractivity contribution in [2.75, 3.05) is 40.9 Å². The summed E-state index contributed by atoms with van der Waals surface area (Å²) in [5.41, 5.74) is -11.3. The van der Waals surface area contributed by atoms with Gasteiger partial charge in [0.1, 0.15) is 18.9 Å². The van der Waals surface area contributed by atoms with E-state index in [-0.39, 0.29) is 0 Å². The van der Waals surface area contributed by atoms with Gasteiger partial charge in [-0.1, -0.05) is 32.6 Å². The smallest absolute Gasteiger partial charge is 0.485 e. The standard InChI is InChI=1S/C12H23N2.C7H18NO.2CHF3O3S/c1-3-4-5-6-7-8-9-14-11-10-13(2)12-14;1-5-8(2,3)6-7-9-4;2*2-1(3,4)8(5,6)7/h10-12H,3-9H2,1-2H3;5-7H2,1-4H3;2*(H,5,6,7)/q2*+1;;/p-2. The summed E-state index contributed by atoms with van der Waals surface area (Å²) in [5, 5.41) is 0. The molecular formula is C21H41F6N3O7S2. The van der Waals surface area contributed by atoms with Crippen LogP contribution in [0.25, 0.3) is 0 Å². The molecule has 0 aliphatic rings. The van der Waals surface area contributed by atoms with E-state index in [0.29, 0.717) is 0 Å². The Bertz CT molecular complexity index is 923. The zero-order valence-corrected chi connectivity index (χ0v) is 24.7. The number of alkyl halides is 6. The molecule has 0 aromatic carbocycles. The Labute approximate surface area is 227 Å². The lowest BCUT2D eigenvalue weighted by Gasteiger charge is -2.27. The van der Waals surface area contributed by atoms with Crippen molar-refractivity contribution in [1.82, 2.24) is 4.57 Å². The van der Waals surface area contributed by atoms with Crippen LogP contribution in [0.5, 0.6) is 0 Å². The molecule has 39 heavy (non-hydrogen) atoms. The number of hydrogen-bond donors (Lipinski definition) is 0. The molecule has 10 nitrogen and oxygen atoms in total. The molecule has 0 aliphatic carbocycles. The number of halogens is 6. The fourth-order valence-electron chi connectivity index (χ4n) is 2.21. The molecule has 0 aliphatic heterocycles. The largest absolute Gasteiger partial charge is 0.741 e. The molecule has 0 radical (unpaired) electrons. The van der Waals surface area contributed by atoms with Gasteiger partial charge in [0.15, 0.2) is 20.2 Å². The van der Waals surface area contributed by atoms with Crippen molar-refractivity contribution in [3.8, 4) is 0 Å². The number of methoxy groups -OCH3 is 1. The first-order chi connectivity index (χ1) is 17.4. The van der Waals surface area contributed by atoms with Crippen LogP contribution in [0.2, 0.25) is 0 Å². The number of aryl methyl sites for hydroxylation is 2. The molecule has 0 fully saturated rings. The van der Waals surface area contributed by atoms with Crippen LogP contribution in [0.15, 0.2) is 18.7 Å². The Morgan fingerprint density at radius 2 is 1.28 bits per heavy atom. The molecule has 0 unspecified atom stereocenters. The van der Waals surface area contributed by atoms with Crippen LogP contribution in [0.3, 0.4) is 0 Å². The Morgan fingerprint density at radius 1 is 0.872 bits per heavy atom. The average molecular weight is 626 g/mol. The number of aromatic nitrogens is 2. The first-order valence-electron chi connectivity index (χ1n) is 11.8. The van der Waals surface area contributed by atoms with Gasteiger partial charge < -0.3 is 18.3 Å². The number of nitrogens with zero attached hydrogens (tertiary/aromatic N) is 3. The highest BCUT2D eigenvalue weighted by Gasteiger charge is 2.37. The maximum Gasteiger partial charge on any atom is 0.485 e. The van der Waals surface area contributed by atoms with Crippen molar-refractivity contribution >= 4 is 20.2 Å². The minimum atomic E-state index is -6.09. The Hall–Kier alpha value is -1.47. The highest BCUT2D eigenvalue weighted by Crippen LogP contribution is 2.21. The predicted molar refractivity (Wildman–Crippen MR) is 130 cm³/mol. The van der Waals surface area contributed by atoms with E-state index in [1.165, 1.54) is 51.6 Å². The number of unbranched alkanes of at least 4 members (excludes halogenated alkanes) is 5. The van der Waals surface area contributed by atoms with Gasteiger partial charge in [0.05, 0.1) is 40.8 Å². The Morgan fingerprint density at radius 3 is 1.59 bits per heavy atom. The van der Waals surface area contributed by atoms with Crippen molar-refractivity contribution in [2.24, 2.45) is 7.05 Å². The quantitative estimate of drug-likeness (QED) is 0.0918. The van der Waals surface area contributed by atoms with Crippen molar-refractivity contribution in [2.45, 2.75) is 69.9 Å². The highest BCUT2D eigenvalue weighted by atomic mass is 32.2. The first-order valence-corrected chi connectivity index (χ1v) is 14.6. The number of likely N-dealkylation sites (N-methyl/N-ethyl adjacent to an activating group) is 1. The third-order valence-corrected chi connectivity index (χ3v) is 6.05. The fraction of sp³-hybridized carbons (Fsp3) is 0.857.